The number of rotatable bonds is 9. The maximum absolute atomic E-state index is 2.40. The largest absolute Gasteiger partial charge is 0.302 e. The summed E-state index contributed by atoms with van der Waals surface area (Å²) in [5, 5.41) is 2.34. The quantitative estimate of drug-likeness (QED) is 0.150. The van der Waals surface area contributed by atoms with Gasteiger partial charge in [0.05, 0.1) is 9.75 Å². The van der Waals surface area contributed by atoms with Gasteiger partial charge in [-0.2, -0.15) is 0 Å². The fraction of sp³-hybridized carbons (Fsp3) is 0.0435. The Kier molecular flexibility index (Phi) is 8.87. The van der Waals surface area contributed by atoms with Crippen LogP contribution in [0.25, 0.3) is 32.0 Å². The molecule has 0 aliphatic heterocycles. The molecule has 0 fully saturated rings. The van der Waals surface area contributed by atoms with Gasteiger partial charge in [0, 0.05) is 33.9 Å². The average Bonchev–Trinajstić information content (AvgIpc) is 3.79. The summed E-state index contributed by atoms with van der Waals surface area (Å²) >= 11 is 3.71. The zero-order chi connectivity index (χ0) is 33.9. The number of hydrogen-bond donors (Lipinski definition) is 0. The second kappa shape index (κ2) is 14.0. The fourth-order valence-electron chi connectivity index (χ4n) is 6.47. The lowest BCUT2D eigenvalue weighted by atomic mass is 10.0. The van der Waals surface area contributed by atoms with Crippen LogP contribution in [0, 0.1) is 13.8 Å². The number of aryl methyl sites for hydroxylation is 2. The molecular formula is C46H36N2S2. The van der Waals surface area contributed by atoms with Gasteiger partial charge in [-0.3, -0.25) is 0 Å². The summed E-state index contributed by atoms with van der Waals surface area (Å²) in [5.74, 6) is 0. The average molecular weight is 681 g/mol. The van der Waals surface area contributed by atoms with E-state index >= 15 is 0 Å². The van der Waals surface area contributed by atoms with Crippen molar-refractivity contribution >= 4 is 55.4 Å². The third kappa shape index (κ3) is 6.39. The SMILES string of the molecule is Cc1cccc(N(c2ccccc2)c2cc(-c3ccccc3)c(-c3sc(N(c4ccccc4)c4cccc(C)c4)cc3-c3ccccc3)s2)c1. The van der Waals surface area contributed by atoms with Crippen molar-refractivity contribution in [3.8, 4) is 32.0 Å². The Labute approximate surface area is 302 Å². The minimum atomic E-state index is 1.13. The second-order valence-electron chi connectivity index (χ2n) is 12.4. The van der Waals surface area contributed by atoms with Gasteiger partial charge in [-0.15, -0.1) is 22.7 Å². The van der Waals surface area contributed by atoms with Crippen LogP contribution in [0.4, 0.5) is 32.8 Å². The van der Waals surface area contributed by atoms with Crippen molar-refractivity contribution in [2.45, 2.75) is 13.8 Å². The summed E-state index contributed by atoms with van der Waals surface area (Å²) in [5.41, 5.74) is 11.9. The highest BCUT2D eigenvalue weighted by Crippen LogP contribution is 2.54. The molecule has 0 atom stereocenters. The van der Waals surface area contributed by atoms with Gasteiger partial charge in [0.1, 0.15) is 10.0 Å². The van der Waals surface area contributed by atoms with Gasteiger partial charge in [0.2, 0.25) is 0 Å². The van der Waals surface area contributed by atoms with Gasteiger partial charge in [-0.25, -0.2) is 0 Å². The van der Waals surface area contributed by atoms with Crippen LogP contribution < -0.4 is 9.80 Å². The second-order valence-corrected chi connectivity index (χ2v) is 14.5. The van der Waals surface area contributed by atoms with Crippen molar-refractivity contribution in [1.29, 1.82) is 0 Å². The zero-order valence-corrected chi connectivity index (χ0v) is 29.7. The monoisotopic (exact) mass is 680 g/mol. The van der Waals surface area contributed by atoms with E-state index in [-0.39, 0.29) is 0 Å². The topological polar surface area (TPSA) is 6.48 Å². The molecule has 0 aliphatic rings. The maximum atomic E-state index is 2.40. The lowest BCUT2D eigenvalue weighted by molar-refractivity contribution is 1.30. The molecule has 8 rings (SSSR count). The number of benzene rings is 6. The molecule has 6 aromatic carbocycles. The van der Waals surface area contributed by atoms with E-state index in [1.54, 1.807) is 0 Å². The van der Waals surface area contributed by atoms with E-state index < -0.39 is 0 Å². The summed E-state index contributed by atoms with van der Waals surface area (Å²) in [7, 11) is 0. The van der Waals surface area contributed by atoms with E-state index in [0.29, 0.717) is 0 Å². The van der Waals surface area contributed by atoms with Crippen LogP contribution in [-0.4, -0.2) is 0 Å². The molecule has 2 aromatic heterocycles. The molecule has 0 saturated carbocycles. The predicted octanol–water partition coefficient (Wildman–Crippen LogP) is 14.4. The van der Waals surface area contributed by atoms with Crippen molar-refractivity contribution in [3.05, 3.63) is 193 Å². The van der Waals surface area contributed by atoms with Gasteiger partial charge >= 0.3 is 0 Å². The van der Waals surface area contributed by atoms with E-state index in [1.165, 1.54) is 53.1 Å². The molecular weight excluding hydrogens is 645 g/mol. The standard InChI is InChI=1S/C46H36N2S2/c1-33-17-15-27-39(29-33)47(37-23-11-5-12-24-37)43-31-41(35-19-7-3-8-20-35)45(49-43)46-42(36-21-9-4-10-22-36)32-44(50-46)48(38-25-13-6-14-26-38)40-28-16-18-34(2)30-40/h3-32H,1-2H3. The number of hydrogen-bond acceptors (Lipinski definition) is 4. The van der Waals surface area contributed by atoms with Crippen LogP contribution >= 0.6 is 22.7 Å². The highest BCUT2D eigenvalue weighted by molar-refractivity contribution is 7.26. The Bertz CT molecular complexity index is 2170. The van der Waals surface area contributed by atoms with Crippen LogP contribution in [0.3, 0.4) is 0 Å². The van der Waals surface area contributed by atoms with Crippen molar-refractivity contribution in [2.24, 2.45) is 0 Å². The number of para-hydroxylation sites is 2. The van der Waals surface area contributed by atoms with E-state index in [2.05, 4.69) is 206 Å². The van der Waals surface area contributed by atoms with Crippen LogP contribution in [0.1, 0.15) is 11.1 Å². The molecule has 2 nitrogen and oxygen atoms in total. The Morgan fingerprint density at radius 3 is 1.04 bits per heavy atom. The number of thiophene rings is 2. The summed E-state index contributed by atoms with van der Waals surface area (Å²) < 4.78 is 0. The molecule has 0 spiro atoms. The fourth-order valence-corrected chi connectivity index (χ4v) is 9.08. The highest BCUT2D eigenvalue weighted by atomic mass is 32.1. The molecule has 0 N–H and O–H groups in total. The van der Waals surface area contributed by atoms with E-state index in [1.807, 2.05) is 22.7 Å². The minimum absolute atomic E-state index is 1.13. The molecule has 2 heterocycles. The molecule has 242 valence electrons. The molecule has 0 amide bonds. The molecule has 0 unspecified atom stereocenters. The summed E-state index contributed by atoms with van der Waals surface area (Å²) in [6.07, 6.45) is 0. The molecule has 4 heteroatoms. The van der Waals surface area contributed by atoms with Crippen LogP contribution in [0.5, 0.6) is 0 Å². The van der Waals surface area contributed by atoms with Crippen LogP contribution in [0.2, 0.25) is 0 Å². The molecule has 0 radical (unpaired) electrons. The van der Waals surface area contributed by atoms with Gasteiger partial charge in [0.25, 0.3) is 0 Å². The number of anilines is 6. The third-order valence-electron chi connectivity index (χ3n) is 8.80. The summed E-state index contributed by atoms with van der Waals surface area (Å²) in [6.45, 7) is 4.32. The van der Waals surface area contributed by atoms with Crippen molar-refractivity contribution in [2.75, 3.05) is 9.80 Å². The van der Waals surface area contributed by atoms with E-state index in [4.69, 9.17) is 0 Å². The van der Waals surface area contributed by atoms with Gasteiger partial charge in [-0.05, 0) is 96.8 Å². The zero-order valence-electron chi connectivity index (χ0n) is 28.0. The van der Waals surface area contributed by atoms with Crippen molar-refractivity contribution < 1.29 is 0 Å². The lowest BCUT2D eigenvalue weighted by Crippen LogP contribution is -2.08. The lowest BCUT2D eigenvalue weighted by Gasteiger charge is -2.24. The summed E-state index contributed by atoms with van der Waals surface area (Å²) in [6, 6.07) is 65.4. The Morgan fingerprint density at radius 2 is 0.680 bits per heavy atom. The highest BCUT2D eigenvalue weighted by Gasteiger charge is 2.25. The van der Waals surface area contributed by atoms with E-state index in [9.17, 15) is 0 Å². The molecule has 0 bridgehead atoms. The first kappa shape index (κ1) is 31.6. The Hall–Kier alpha value is -5.68. The molecule has 0 aliphatic carbocycles. The first-order valence-corrected chi connectivity index (χ1v) is 18.5. The van der Waals surface area contributed by atoms with Crippen molar-refractivity contribution in [3.63, 3.8) is 0 Å². The first-order valence-electron chi connectivity index (χ1n) is 16.8. The van der Waals surface area contributed by atoms with Crippen LogP contribution in [0.15, 0.2) is 182 Å². The van der Waals surface area contributed by atoms with Gasteiger partial charge < -0.3 is 9.80 Å². The molecule has 0 saturated heterocycles. The molecule has 8 aromatic rings. The Balaban J connectivity index is 1.39. The predicted molar refractivity (Wildman–Crippen MR) is 217 cm³/mol. The molecule has 50 heavy (non-hydrogen) atoms. The normalized spacial score (nSPS) is 11.0. The number of nitrogens with zero attached hydrogens (tertiary/aromatic N) is 2. The first-order chi connectivity index (χ1) is 24.6. The third-order valence-corrected chi connectivity index (χ3v) is 11.2. The Morgan fingerprint density at radius 1 is 0.340 bits per heavy atom. The van der Waals surface area contributed by atoms with E-state index in [0.717, 1.165) is 22.7 Å². The minimum Gasteiger partial charge on any atom is -0.302 e. The van der Waals surface area contributed by atoms with Crippen LogP contribution in [-0.2, 0) is 0 Å². The smallest absolute Gasteiger partial charge is 0.101 e. The van der Waals surface area contributed by atoms with Crippen molar-refractivity contribution in [1.82, 2.24) is 0 Å². The summed E-state index contributed by atoms with van der Waals surface area (Å²) in [4.78, 5) is 7.31. The van der Waals surface area contributed by atoms with Gasteiger partial charge in [0.15, 0.2) is 0 Å². The maximum Gasteiger partial charge on any atom is 0.101 e. The van der Waals surface area contributed by atoms with Gasteiger partial charge in [-0.1, -0.05) is 121 Å².